The van der Waals surface area contributed by atoms with Gasteiger partial charge in [0, 0.05) is 53.1 Å². The smallest absolute Gasteiger partial charge is 0.269 e. The molecule has 0 saturated carbocycles. The van der Waals surface area contributed by atoms with E-state index in [4.69, 9.17) is 27.9 Å². The number of carbonyl (C=O) groups excluding carboxylic acids is 1. The molecule has 2 heterocycles. The van der Waals surface area contributed by atoms with Gasteiger partial charge in [0.2, 0.25) is 0 Å². The number of likely N-dealkylation sites (N-methyl/N-ethyl adjacent to an activating group) is 1. The molecule has 8 heteroatoms. The molecule has 0 bridgehead atoms. The van der Waals surface area contributed by atoms with Crippen LogP contribution in [0.25, 0.3) is 21.8 Å². The van der Waals surface area contributed by atoms with Gasteiger partial charge in [0.05, 0.1) is 18.3 Å². The second-order valence-corrected chi connectivity index (χ2v) is 8.48. The highest BCUT2D eigenvalue weighted by molar-refractivity contribution is 6.33. The van der Waals surface area contributed by atoms with Crippen LogP contribution in [0.4, 0.5) is 0 Å². The first-order valence-corrected chi connectivity index (χ1v) is 12.0. The van der Waals surface area contributed by atoms with Crippen LogP contribution in [-0.2, 0) is 11.3 Å². The van der Waals surface area contributed by atoms with E-state index < -0.39 is 0 Å². The zero-order valence-electron chi connectivity index (χ0n) is 19.7. The van der Waals surface area contributed by atoms with Gasteiger partial charge in [0.15, 0.2) is 0 Å². The highest BCUT2D eigenvalue weighted by Crippen LogP contribution is 2.31. The van der Waals surface area contributed by atoms with Gasteiger partial charge in [-0.1, -0.05) is 48.3 Å². The summed E-state index contributed by atoms with van der Waals surface area (Å²) in [5, 5.41) is 9.28. The molecule has 2 aromatic carbocycles. The van der Waals surface area contributed by atoms with Crippen molar-refractivity contribution in [1.29, 1.82) is 0 Å². The first-order chi connectivity index (χ1) is 16.5. The Labute approximate surface area is 210 Å². The number of hydrogen-bond acceptors (Lipinski definition) is 4. The summed E-state index contributed by atoms with van der Waals surface area (Å²) in [6, 6.07) is 15.4. The Hall–Kier alpha value is -2.64. The molecule has 0 unspecified atom stereocenters. The summed E-state index contributed by atoms with van der Waals surface area (Å²) >= 11 is 12.5. The largest absolute Gasteiger partial charge is 0.383 e. The van der Waals surface area contributed by atoms with Crippen LogP contribution in [0.5, 0.6) is 0 Å². The molecule has 0 fully saturated rings. The van der Waals surface area contributed by atoms with E-state index in [0.717, 1.165) is 47.1 Å². The Morgan fingerprint density at radius 3 is 2.56 bits per heavy atom. The third-order valence-corrected chi connectivity index (χ3v) is 5.90. The lowest BCUT2D eigenvalue weighted by Crippen LogP contribution is -2.23. The van der Waals surface area contributed by atoms with Crippen LogP contribution in [0.1, 0.15) is 29.9 Å². The van der Waals surface area contributed by atoms with E-state index in [1.807, 2.05) is 31.2 Å². The summed E-state index contributed by atoms with van der Waals surface area (Å²) in [5.74, 6) is -0.172. The maximum atomic E-state index is 12.2. The predicted octanol–water partition coefficient (Wildman–Crippen LogP) is 5.54. The number of pyridine rings is 1. The monoisotopic (exact) mass is 500 g/mol. The fourth-order valence-electron chi connectivity index (χ4n) is 3.68. The summed E-state index contributed by atoms with van der Waals surface area (Å²) in [4.78, 5) is 16.6. The van der Waals surface area contributed by atoms with Crippen molar-refractivity contribution in [3.05, 3.63) is 76.0 Å². The Morgan fingerprint density at radius 2 is 1.82 bits per heavy atom. The zero-order chi connectivity index (χ0) is 24.5. The van der Waals surface area contributed by atoms with E-state index in [1.54, 1.807) is 25.4 Å². The molecule has 0 aliphatic rings. The lowest BCUT2D eigenvalue weighted by Gasteiger charge is -2.10. The van der Waals surface area contributed by atoms with Gasteiger partial charge in [-0.15, -0.1) is 0 Å². The number of ether oxygens (including phenoxy) is 1. The van der Waals surface area contributed by atoms with Crippen LogP contribution >= 0.6 is 23.2 Å². The summed E-state index contributed by atoms with van der Waals surface area (Å²) in [7, 11) is 1.71. The maximum Gasteiger partial charge on any atom is 0.269 e. The van der Waals surface area contributed by atoms with Crippen molar-refractivity contribution in [2.45, 2.75) is 20.4 Å². The van der Waals surface area contributed by atoms with Crippen molar-refractivity contribution in [2.24, 2.45) is 0 Å². The molecule has 4 rings (SSSR count). The third-order valence-electron chi connectivity index (χ3n) is 5.30. The average Bonchev–Trinajstić information content (AvgIpc) is 3.15. The number of methoxy groups -OCH3 is 1. The normalized spacial score (nSPS) is 10.9. The number of amides is 1. The van der Waals surface area contributed by atoms with E-state index >= 15 is 0 Å². The fourth-order valence-corrected chi connectivity index (χ4v) is 4.05. The lowest BCUT2D eigenvalue weighted by molar-refractivity contribution is 0.0951. The van der Waals surface area contributed by atoms with Gasteiger partial charge in [0.25, 0.3) is 5.91 Å². The maximum absolute atomic E-state index is 12.2. The molecule has 6 nitrogen and oxygen atoms in total. The molecule has 0 aliphatic carbocycles. The van der Waals surface area contributed by atoms with Crippen LogP contribution < -0.4 is 10.6 Å². The average molecular weight is 501 g/mol. The number of carbonyl (C=O) groups is 1. The Kier molecular flexibility index (Phi) is 9.72. The molecule has 0 atom stereocenters. The van der Waals surface area contributed by atoms with Gasteiger partial charge < -0.3 is 19.9 Å². The van der Waals surface area contributed by atoms with Gasteiger partial charge >= 0.3 is 0 Å². The summed E-state index contributed by atoms with van der Waals surface area (Å²) in [6.45, 7) is 7.90. The minimum Gasteiger partial charge on any atom is -0.383 e. The first kappa shape index (κ1) is 26.0. The molecule has 2 aromatic heterocycles. The van der Waals surface area contributed by atoms with E-state index in [9.17, 15) is 4.79 Å². The SMILES string of the molecule is CCNC(=O)c1cc2c3ccccc3n(Cc3cc(Cl)ccc3Cl)c2cn1.CCNCCOC. The number of para-hydroxylation sites is 1. The first-order valence-electron chi connectivity index (χ1n) is 11.3. The van der Waals surface area contributed by atoms with E-state index in [0.29, 0.717) is 28.8 Å². The lowest BCUT2D eigenvalue weighted by atomic mass is 10.1. The number of hydrogen-bond donors (Lipinski definition) is 2. The molecule has 0 aliphatic heterocycles. The number of rotatable bonds is 8. The second-order valence-electron chi connectivity index (χ2n) is 7.63. The van der Waals surface area contributed by atoms with Crippen molar-refractivity contribution < 1.29 is 9.53 Å². The third kappa shape index (κ3) is 6.27. The quantitative estimate of drug-likeness (QED) is 0.311. The molecular formula is C26H30Cl2N4O2. The Morgan fingerprint density at radius 1 is 1.03 bits per heavy atom. The number of fused-ring (bicyclic) bond motifs is 3. The van der Waals surface area contributed by atoms with Crippen LogP contribution in [0.2, 0.25) is 10.0 Å². The molecular weight excluding hydrogens is 471 g/mol. The minimum absolute atomic E-state index is 0.172. The van der Waals surface area contributed by atoms with Gasteiger partial charge in [-0.25, -0.2) is 4.98 Å². The molecule has 0 saturated heterocycles. The number of nitrogens with zero attached hydrogens (tertiary/aromatic N) is 2. The number of aromatic nitrogens is 2. The number of nitrogens with one attached hydrogen (secondary N) is 2. The van der Waals surface area contributed by atoms with Crippen LogP contribution in [-0.4, -0.2) is 48.8 Å². The van der Waals surface area contributed by atoms with Gasteiger partial charge in [-0.05, 0) is 49.4 Å². The fraction of sp³-hybridized carbons (Fsp3) is 0.308. The number of benzene rings is 2. The molecule has 4 aromatic rings. The predicted molar refractivity (Wildman–Crippen MR) is 141 cm³/mol. The topological polar surface area (TPSA) is 68.2 Å². The van der Waals surface area contributed by atoms with Crippen molar-refractivity contribution in [3.8, 4) is 0 Å². The highest BCUT2D eigenvalue weighted by Gasteiger charge is 2.15. The minimum atomic E-state index is -0.172. The van der Waals surface area contributed by atoms with Crippen LogP contribution in [0, 0.1) is 0 Å². The molecule has 0 radical (unpaired) electrons. The van der Waals surface area contributed by atoms with Gasteiger partial charge in [-0.3, -0.25) is 4.79 Å². The summed E-state index contributed by atoms with van der Waals surface area (Å²) in [6.07, 6.45) is 1.75. The van der Waals surface area contributed by atoms with Gasteiger partial charge in [0.1, 0.15) is 5.69 Å². The van der Waals surface area contributed by atoms with Crippen LogP contribution in [0.3, 0.4) is 0 Å². The highest BCUT2D eigenvalue weighted by atomic mass is 35.5. The molecule has 2 N–H and O–H groups in total. The van der Waals surface area contributed by atoms with Crippen molar-refractivity contribution in [1.82, 2.24) is 20.2 Å². The molecule has 0 spiro atoms. The van der Waals surface area contributed by atoms with Crippen LogP contribution in [0.15, 0.2) is 54.7 Å². The second kappa shape index (κ2) is 12.7. The van der Waals surface area contributed by atoms with Crippen molar-refractivity contribution >= 4 is 50.9 Å². The summed E-state index contributed by atoms with van der Waals surface area (Å²) in [5.41, 5.74) is 3.34. The molecule has 1 amide bonds. The van der Waals surface area contributed by atoms with Gasteiger partial charge in [-0.2, -0.15) is 0 Å². The molecule has 34 heavy (non-hydrogen) atoms. The van der Waals surface area contributed by atoms with E-state index in [1.165, 1.54) is 0 Å². The van der Waals surface area contributed by atoms with Crippen molar-refractivity contribution in [2.75, 3.05) is 33.4 Å². The van der Waals surface area contributed by atoms with E-state index in [2.05, 4.69) is 39.2 Å². The standard InChI is InChI=1S/C21H17Cl2N3O.C5H13NO/c1-2-24-21(27)18-10-16-15-5-3-4-6-19(15)26(20(16)11-25-18)12-13-9-14(22)7-8-17(13)23;1-3-6-4-5-7-2/h3-11H,2,12H2,1H3,(H,24,27);6H,3-5H2,1-2H3. The van der Waals surface area contributed by atoms with Crippen molar-refractivity contribution in [3.63, 3.8) is 0 Å². The Bertz CT molecular complexity index is 1250. The summed E-state index contributed by atoms with van der Waals surface area (Å²) < 4.78 is 6.93. The zero-order valence-corrected chi connectivity index (χ0v) is 21.2. The van der Waals surface area contributed by atoms with E-state index in [-0.39, 0.29) is 5.91 Å². The molecule has 180 valence electrons. The number of halogens is 2. The Balaban J connectivity index is 0.000000406.